The molecule has 0 heterocycles. The molecule has 1 saturated carbocycles. The Balaban J connectivity index is 1.56. The van der Waals surface area contributed by atoms with E-state index in [0.717, 1.165) is 42.4 Å². The molecule has 0 saturated heterocycles. The number of allylic oxidation sites excluding steroid dienone is 1. The third-order valence-electron chi connectivity index (χ3n) is 6.82. The van der Waals surface area contributed by atoms with Gasteiger partial charge in [0.25, 0.3) is 0 Å². The van der Waals surface area contributed by atoms with Crippen LogP contribution in [0.15, 0.2) is 48.5 Å². The standard InChI is InChI=1S/C28H26F6/c1-17-2-4-18(5-3-17)6-7-19-8-10-22-20(14-19)9-11-23(27(22)31)21-15-25(29)24(26(30)16-21)12-13-28(32,33)34/h8-18H,2-7H2,1H3/b13-12+. The van der Waals surface area contributed by atoms with Crippen LogP contribution >= 0.6 is 0 Å². The Morgan fingerprint density at radius 1 is 0.882 bits per heavy atom. The highest BCUT2D eigenvalue weighted by Crippen LogP contribution is 2.34. The fourth-order valence-corrected chi connectivity index (χ4v) is 4.79. The summed E-state index contributed by atoms with van der Waals surface area (Å²) >= 11 is 0. The van der Waals surface area contributed by atoms with Gasteiger partial charge in [0, 0.05) is 22.6 Å². The number of fused-ring (bicyclic) bond motifs is 1. The van der Waals surface area contributed by atoms with Gasteiger partial charge < -0.3 is 0 Å². The van der Waals surface area contributed by atoms with Gasteiger partial charge in [-0.15, -0.1) is 0 Å². The molecule has 1 fully saturated rings. The maximum atomic E-state index is 15.3. The van der Waals surface area contributed by atoms with Gasteiger partial charge in [-0.05, 0) is 59.4 Å². The number of aryl methyl sites for hydroxylation is 1. The van der Waals surface area contributed by atoms with Crippen molar-refractivity contribution < 1.29 is 26.3 Å². The molecule has 3 aromatic rings. The molecule has 0 radical (unpaired) electrons. The summed E-state index contributed by atoms with van der Waals surface area (Å²) in [4.78, 5) is 0. The Bertz CT molecular complexity index is 1180. The monoisotopic (exact) mass is 476 g/mol. The number of halogens is 6. The van der Waals surface area contributed by atoms with E-state index in [-0.39, 0.29) is 17.2 Å². The molecule has 34 heavy (non-hydrogen) atoms. The summed E-state index contributed by atoms with van der Waals surface area (Å²) in [7, 11) is 0. The predicted molar refractivity (Wildman–Crippen MR) is 124 cm³/mol. The largest absolute Gasteiger partial charge is 0.409 e. The smallest absolute Gasteiger partial charge is 0.206 e. The Labute approximate surface area is 195 Å². The zero-order valence-electron chi connectivity index (χ0n) is 18.9. The van der Waals surface area contributed by atoms with Crippen LogP contribution in [0.1, 0.15) is 50.2 Å². The second-order valence-electron chi connectivity index (χ2n) is 9.38. The van der Waals surface area contributed by atoms with Gasteiger partial charge in [-0.1, -0.05) is 62.9 Å². The van der Waals surface area contributed by atoms with E-state index in [0.29, 0.717) is 16.8 Å². The lowest BCUT2D eigenvalue weighted by Gasteiger charge is -2.26. The van der Waals surface area contributed by atoms with Gasteiger partial charge in [0.1, 0.15) is 17.5 Å². The summed E-state index contributed by atoms with van der Waals surface area (Å²) in [5.74, 6) is -1.47. The van der Waals surface area contributed by atoms with Crippen LogP contribution in [-0.4, -0.2) is 6.18 Å². The van der Waals surface area contributed by atoms with E-state index in [9.17, 15) is 22.0 Å². The van der Waals surface area contributed by atoms with Gasteiger partial charge in [-0.2, -0.15) is 13.2 Å². The third kappa shape index (κ3) is 5.65. The first-order valence-electron chi connectivity index (χ1n) is 11.6. The maximum absolute atomic E-state index is 15.3. The first-order chi connectivity index (χ1) is 16.1. The third-order valence-corrected chi connectivity index (χ3v) is 6.82. The van der Waals surface area contributed by atoms with Crippen LogP contribution in [0.3, 0.4) is 0 Å². The Morgan fingerprint density at radius 3 is 2.21 bits per heavy atom. The zero-order chi connectivity index (χ0) is 24.5. The fourth-order valence-electron chi connectivity index (χ4n) is 4.79. The first kappa shape index (κ1) is 24.4. The second-order valence-corrected chi connectivity index (χ2v) is 9.38. The Hall–Kier alpha value is -2.76. The van der Waals surface area contributed by atoms with Crippen LogP contribution in [0.4, 0.5) is 26.3 Å². The molecule has 0 N–H and O–H groups in total. The molecular weight excluding hydrogens is 450 g/mol. The van der Waals surface area contributed by atoms with Crippen molar-refractivity contribution in [1.29, 1.82) is 0 Å². The number of benzene rings is 3. The van der Waals surface area contributed by atoms with Gasteiger partial charge in [0.05, 0.1) is 0 Å². The Morgan fingerprint density at radius 2 is 1.56 bits per heavy atom. The van der Waals surface area contributed by atoms with Gasteiger partial charge >= 0.3 is 6.18 Å². The lowest BCUT2D eigenvalue weighted by molar-refractivity contribution is -0.0790. The molecule has 0 aliphatic heterocycles. The molecule has 0 bridgehead atoms. The highest BCUT2D eigenvalue weighted by atomic mass is 19.4. The Kier molecular flexibility index (Phi) is 7.06. The van der Waals surface area contributed by atoms with Crippen LogP contribution in [0, 0.1) is 29.3 Å². The molecule has 0 nitrogen and oxygen atoms in total. The zero-order valence-corrected chi connectivity index (χ0v) is 18.9. The average molecular weight is 477 g/mol. The van der Waals surface area contributed by atoms with E-state index in [1.807, 2.05) is 12.1 Å². The van der Waals surface area contributed by atoms with Crippen molar-refractivity contribution in [1.82, 2.24) is 0 Å². The van der Waals surface area contributed by atoms with E-state index in [4.69, 9.17) is 0 Å². The summed E-state index contributed by atoms with van der Waals surface area (Å²) in [5.41, 5.74) is 0.213. The predicted octanol–water partition coefficient (Wildman–Crippen LogP) is 9.26. The summed E-state index contributed by atoms with van der Waals surface area (Å²) < 4.78 is 81.0. The molecule has 1 aliphatic rings. The number of rotatable bonds is 5. The normalized spacial score (nSPS) is 19.3. The van der Waals surface area contributed by atoms with E-state index >= 15 is 4.39 Å². The van der Waals surface area contributed by atoms with E-state index < -0.39 is 29.2 Å². The lowest BCUT2D eigenvalue weighted by Crippen LogP contribution is -2.12. The van der Waals surface area contributed by atoms with Crippen LogP contribution in [0.2, 0.25) is 0 Å². The van der Waals surface area contributed by atoms with Crippen LogP contribution < -0.4 is 0 Å². The second kappa shape index (κ2) is 9.85. The van der Waals surface area contributed by atoms with Gasteiger partial charge in [-0.3, -0.25) is 0 Å². The molecule has 4 rings (SSSR count). The van der Waals surface area contributed by atoms with Crippen molar-refractivity contribution in [2.24, 2.45) is 11.8 Å². The summed E-state index contributed by atoms with van der Waals surface area (Å²) in [6, 6.07) is 10.4. The fraction of sp³-hybridized carbons (Fsp3) is 0.357. The molecular formula is C28H26F6. The van der Waals surface area contributed by atoms with Gasteiger partial charge in [0.15, 0.2) is 0 Å². The maximum Gasteiger partial charge on any atom is 0.409 e. The van der Waals surface area contributed by atoms with Crippen LogP contribution in [0.25, 0.3) is 28.0 Å². The van der Waals surface area contributed by atoms with Gasteiger partial charge in [0.2, 0.25) is 0 Å². The molecule has 1 aliphatic carbocycles. The van der Waals surface area contributed by atoms with Gasteiger partial charge in [-0.25, -0.2) is 13.2 Å². The molecule has 0 aromatic heterocycles. The quantitative estimate of drug-likeness (QED) is 0.322. The number of hydrogen-bond donors (Lipinski definition) is 0. The molecule has 3 aromatic carbocycles. The van der Waals surface area contributed by atoms with Crippen molar-refractivity contribution in [2.45, 2.75) is 51.6 Å². The highest BCUT2D eigenvalue weighted by Gasteiger charge is 2.23. The molecule has 0 amide bonds. The highest BCUT2D eigenvalue weighted by molar-refractivity contribution is 5.89. The van der Waals surface area contributed by atoms with Crippen molar-refractivity contribution in [2.75, 3.05) is 0 Å². The van der Waals surface area contributed by atoms with Crippen molar-refractivity contribution in [3.63, 3.8) is 0 Å². The molecule has 6 heteroatoms. The van der Waals surface area contributed by atoms with Crippen molar-refractivity contribution in [3.05, 3.63) is 77.1 Å². The minimum Gasteiger partial charge on any atom is -0.206 e. The van der Waals surface area contributed by atoms with E-state index in [2.05, 4.69) is 6.92 Å². The minimum atomic E-state index is -4.70. The van der Waals surface area contributed by atoms with Crippen molar-refractivity contribution in [3.8, 4) is 11.1 Å². The van der Waals surface area contributed by atoms with Crippen LogP contribution in [0.5, 0.6) is 0 Å². The summed E-state index contributed by atoms with van der Waals surface area (Å²) in [6.07, 6.45) is 2.48. The van der Waals surface area contributed by atoms with E-state index in [1.54, 1.807) is 12.1 Å². The number of hydrogen-bond acceptors (Lipinski definition) is 0. The van der Waals surface area contributed by atoms with Crippen molar-refractivity contribution >= 4 is 16.8 Å². The topological polar surface area (TPSA) is 0 Å². The minimum absolute atomic E-state index is 0.0132. The average Bonchev–Trinajstić information content (AvgIpc) is 2.77. The first-order valence-corrected chi connectivity index (χ1v) is 11.6. The van der Waals surface area contributed by atoms with Crippen LogP contribution in [-0.2, 0) is 6.42 Å². The molecule has 0 unspecified atom stereocenters. The number of alkyl halides is 3. The summed E-state index contributed by atoms with van der Waals surface area (Å²) in [6.45, 7) is 2.30. The molecule has 0 spiro atoms. The van der Waals surface area contributed by atoms with E-state index in [1.165, 1.54) is 31.7 Å². The molecule has 180 valence electrons. The SMILES string of the molecule is CC1CCC(CCc2ccc3c(F)c(-c4cc(F)c(/C=C/C(F)(F)F)c(F)c4)ccc3c2)CC1. The molecule has 0 atom stereocenters. The lowest BCUT2D eigenvalue weighted by atomic mass is 9.80. The summed E-state index contributed by atoms with van der Waals surface area (Å²) in [5, 5.41) is 1.02.